The largest absolute Gasteiger partial charge is 0.481 e. The van der Waals surface area contributed by atoms with E-state index in [2.05, 4.69) is 47.1 Å². The maximum atomic E-state index is 11.9. The van der Waals surface area contributed by atoms with Crippen molar-refractivity contribution in [3.05, 3.63) is 46.5 Å². The molecule has 0 spiro atoms. The predicted octanol–water partition coefficient (Wildman–Crippen LogP) is 6.95. The molecule has 2 aliphatic rings. The van der Waals surface area contributed by atoms with E-state index in [1.807, 2.05) is 12.1 Å². The van der Waals surface area contributed by atoms with Crippen molar-refractivity contribution >= 4 is 21.9 Å². The van der Waals surface area contributed by atoms with Gasteiger partial charge in [0.2, 0.25) is 0 Å². The van der Waals surface area contributed by atoms with E-state index < -0.39 is 5.97 Å². The number of halogens is 1. The molecule has 0 radical (unpaired) electrons. The van der Waals surface area contributed by atoms with Crippen molar-refractivity contribution in [2.24, 2.45) is 17.3 Å². The highest BCUT2D eigenvalue weighted by Crippen LogP contribution is 2.56. The molecule has 26 heavy (non-hydrogen) atoms. The number of fused-ring (bicyclic) bond motifs is 2. The Morgan fingerprint density at radius 3 is 2.50 bits per heavy atom. The molecule has 2 fully saturated rings. The molecule has 0 aromatic heterocycles. The van der Waals surface area contributed by atoms with E-state index in [1.54, 1.807) is 0 Å². The molecular weight excluding hydrogens is 388 g/mol. The Morgan fingerprint density at radius 2 is 1.96 bits per heavy atom. The van der Waals surface area contributed by atoms with Crippen molar-refractivity contribution in [3.8, 4) is 0 Å². The van der Waals surface area contributed by atoms with Crippen LogP contribution in [0.3, 0.4) is 0 Å². The smallest absolute Gasteiger partial charge is 0.307 e. The van der Waals surface area contributed by atoms with Crippen LogP contribution < -0.4 is 0 Å². The minimum Gasteiger partial charge on any atom is -0.481 e. The summed E-state index contributed by atoms with van der Waals surface area (Å²) in [7, 11) is 0. The van der Waals surface area contributed by atoms with Gasteiger partial charge in [-0.3, -0.25) is 4.79 Å². The van der Waals surface area contributed by atoms with Gasteiger partial charge in [-0.25, -0.2) is 0 Å². The van der Waals surface area contributed by atoms with Gasteiger partial charge in [0.25, 0.3) is 0 Å². The van der Waals surface area contributed by atoms with Crippen LogP contribution in [0.15, 0.2) is 40.9 Å². The van der Waals surface area contributed by atoms with Gasteiger partial charge in [-0.15, -0.1) is 0 Å². The van der Waals surface area contributed by atoms with Crippen LogP contribution in [0.2, 0.25) is 0 Å². The molecule has 3 heteroatoms. The van der Waals surface area contributed by atoms with Gasteiger partial charge in [-0.1, -0.05) is 53.6 Å². The molecule has 2 atom stereocenters. The van der Waals surface area contributed by atoms with E-state index in [4.69, 9.17) is 0 Å². The standard InChI is InChI=1S/C23H31BrO2/c1-2-5-21(22(25)26)20(18-7-9-19(24)10-8-18)6-3-4-13-23-14-11-17(16-23)12-15-23/h3-4,7-10,17,20-21H,2,5-6,11-16H2,1H3,(H,25,26). The fraction of sp³-hybridized carbons (Fsp3) is 0.609. The number of hydrogen-bond donors (Lipinski definition) is 1. The van der Waals surface area contributed by atoms with Crippen LogP contribution in [0.5, 0.6) is 0 Å². The van der Waals surface area contributed by atoms with E-state index in [9.17, 15) is 9.90 Å². The second-order valence-corrected chi connectivity index (χ2v) is 9.37. The van der Waals surface area contributed by atoms with Crippen LogP contribution in [0.25, 0.3) is 0 Å². The van der Waals surface area contributed by atoms with E-state index >= 15 is 0 Å². The van der Waals surface area contributed by atoms with Crippen molar-refractivity contribution in [2.45, 2.75) is 70.6 Å². The summed E-state index contributed by atoms with van der Waals surface area (Å²) in [6.45, 7) is 2.07. The zero-order chi connectivity index (χ0) is 18.6. The molecule has 2 nitrogen and oxygen atoms in total. The predicted molar refractivity (Wildman–Crippen MR) is 110 cm³/mol. The number of allylic oxidation sites excluding steroid dienone is 2. The lowest BCUT2D eigenvalue weighted by molar-refractivity contribution is -0.142. The van der Waals surface area contributed by atoms with Crippen LogP contribution in [-0.2, 0) is 4.79 Å². The fourth-order valence-corrected chi connectivity index (χ4v) is 5.49. The summed E-state index contributed by atoms with van der Waals surface area (Å²) < 4.78 is 1.04. The van der Waals surface area contributed by atoms with Crippen molar-refractivity contribution in [2.75, 3.05) is 0 Å². The third kappa shape index (κ3) is 4.60. The monoisotopic (exact) mass is 418 g/mol. The average Bonchev–Trinajstić information content (AvgIpc) is 3.22. The molecule has 0 aliphatic heterocycles. The van der Waals surface area contributed by atoms with Crippen LogP contribution in [0.1, 0.15) is 76.2 Å². The number of carbonyl (C=O) groups is 1. The van der Waals surface area contributed by atoms with Gasteiger partial charge in [-0.2, -0.15) is 0 Å². The second kappa shape index (κ2) is 8.73. The molecule has 3 rings (SSSR count). The molecular formula is C23H31BrO2. The Kier molecular flexibility index (Phi) is 6.60. The van der Waals surface area contributed by atoms with E-state index in [1.165, 1.54) is 38.5 Å². The summed E-state index contributed by atoms with van der Waals surface area (Å²) in [5.74, 6) is 0.0570. The number of carboxylic acids is 1. The topological polar surface area (TPSA) is 37.3 Å². The van der Waals surface area contributed by atoms with Gasteiger partial charge in [-0.05, 0) is 80.4 Å². The summed E-state index contributed by atoms with van der Waals surface area (Å²) >= 11 is 3.48. The quantitative estimate of drug-likeness (QED) is 0.440. The van der Waals surface area contributed by atoms with Crippen molar-refractivity contribution < 1.29 is 9.90 Å². The summed E-state index contributed by atoms with van der Waals surface area (Å²) in [4.78, 5) is 11.9. The molecule has 0 saturated heterocycles. The molecule has 1 aromatic rings. The second-order valence-electron chi connectivity index (χ2n) is 8.45. The van der Waals surface area contributed by atoms with Crippen LogP contribution in [-0.4, -0.2) is 11.1 Å². The number of benzene rings is 1. The number of rotatable bonds is 9. The molecule has 142 valence electrons. The average molecular weight is 419 g/mol. The van der Waals surface area contributed by atoms with Gasteiger partial charge in [0.05, 0.1) is 5.92 Å². The first-order valence-corrected chi connectivity index (χ1v) is 11.0. The van der Waals surface area contributed by atoms with Crippen molar-refractivity contribution in [1.29, 1.82) is 0 Å². The normalized spacial score (nSPS) is 27.1. The number of carboxylic acid groups (broad SMARTS) is 1. The minimum absolute atomic E-state index is 0.0502. The zero-order valence-corrected chi connectivity index (χ0v) is 17.4. The lowest BCUT2D eigenvalue weighted by Crippen LogP contribution is -2.22. The van der Waals surface area contributed by atoms with Gasteiger partial charge >= 0.3 is 5.97 Å². The van der Waals surface area contributed by atoms with Crippen LogP contribution in [0.4, 0.5) is 0 Å². The van der Waals surface area contributed by atoms with E-state index in [-0.39, 0.29) is 11.8 Å². The molecule has 2 unspecified atom stereocenters. The van der Waals surface area contributed by atoms with Gasteiger partial charge in [0.15, 0.2) is 0 Å². The number of aliphatic carboxylic acids is 1. The van der Waals surface area contributed by atoms with Gasteiger partial charge < -0.3 is 5.11 Å². The first-order chi connectivity index (χ1) is 12.5. The highest BCUT2D eigenvalue weighted by Gasteiger charge is 2.43. The van der Waals surface area contributed by atoms with Crippen molar-refractivity contribution in [1.82, 2.24) is 0 Å². The lowest BCUT2D eigenvalue weighted by Gasteiger charge is -2.25. The SMILES string of the molecule is CCCC(C(=O)O)C(CC=CCC12CCC(CC1)C2)c1ccc(Br)cc1. The fourth-order valence-electron chi connectivity index (χ4n) is 5.22. The van der Waals surface area contributed by atoms with Crippen molar-refractivity contribution in [3.63, 3.8) is 0 Å². The summed E-state index contributed by atoms with van der Waals surface area (Å²) in [5.41, 5.74) is 1.71. The summed E-state index contributed by atoms with van der Waals surface area (Å²) in [5, 5.41) is 9.77. The Bertz CT molecular complexity index is 626. The Balaban J connectivity index is 1.69. The third-order valence-electron chi connectivity index (χ3n) is 6.70. The first kappa shape index (κ1) is 19.7. The molecule has 1 N–H and O–H groups in total. The first-order valence-electron chi connectivity index (χ1n) is 10.2. The maximum absolute atomic E-state index is 11.9. The van der Waals surface area contributed by atoms with Crippen LogP contribution in [0, 0.1) is 17.3 Å². The lowest BCUT2D eigenvalue weighted by atomic mass is 9.79. The molecule has 2 aliphatic carbocycles. The molecule has 0 heterocycles. The molecule has 1 aromatic carbocycles. The highest BCUT2D eigenvalue weighted by molar-refractivity contribution is 9.10. The van der Waals surface area contributed by atoms with E-state index in [0.717, 1.165) is 35.2 Å². The molecule has 2 bridgehead atoms. The maximum Gasteiger partial charge on any atom is 0.307 e. The molecule has 2 saturated carbocycles. The third-order valence-corrected chi connectivity index (χ3v) is 7.22. The zero-order valence-electron chi connectivity index (χ0n) is 15.8. The summed E-state index contributed by atoms with van der Waals surface area (Å²) in [6, 6.07) is 8.19. The summed E-state index contributed by atoms with van der Waals surface area (Å²) in [6.07, 6.45) is 15.3. The Hall–Kier alpha value is -1.09. The highest BCUT2D eigenvalue weighted by atomic mass is 79.9. The van der Waals surface area contributed by atoms with Gasteiger partial charge in [0, 0.05) is 10.4 Å². The Morgan fingerprint density at radius 1 is 1.27 bits per heavy atom. The minimum atomic E-state index is -0.666. The van der Waals surface area contributed by atoms with Gasteiger partial charge in [0.1, 0.15) is 0 Å². The Labute approximate surface area is 166 Å². The van der Waals surface area contributed by atoms with Crippen LogP contribution >= 0.6 is 15.9 Å². The number of hydrogen-bond acceptors (Lipinski definition) is 1. The van der Waals surface area contributed by atoms with E-state index in [0.29, 0.717) is 5.41 Å². The molecule has 0 amide bonds.